The predicted molar refractivity (Wildman–Crippen MR) is 118 cm³/mol. The largest absolute Gasteiger partial charge is 0.481 e. The third kappa shape index (κ3) is 5.41. The molecule has 9 heteroatoms. The standard InChI is InChI=1S/C23H26N2O6S/c1-16-8-2-6-12-20(16)32(30,31)24-17(9-3-7-13-21(26)27)14-15-25-22(28)18-10-4-5-11-19(18)23(25)29/h2,4-6,8,10-12,17,24H,3,7,9,13-15H2,1H3,(H,26,27). The second-order valence-corrected chi connectivity index (χ2v) is 9.50. The summed E-state index contributed by atoms with van der Waals surface area (Å²) in [6, 6.07) is 12.6. The highest BCUT2D eigenvalue weighted by molar-refractivity contribution is 7.89. The molecule has 0 spiro atoms. The third-order valence-corrected chi connectivity index (χ3v) is 7.16. The number of amides is 2. The smallest absolute Gasteiger partial charge is 0.303 e. The monoisotopic (exact) mass is 458 g/mol. The Balaban J connectivity index is 1.72. The van der Waals surface area contributed by atoms with E-state index in [2.05, 4.69) is 4.72 Å². The molecule has 0 aromatic heterocycles. The highest BCUT2D eigenvalue weighted by atomic mass is 32.2. The van der Waals surface area contributed by atoms with Crippen LogP contribution >= 0.6 is 0 Å². The maximum atomic E-state index is 13.0. The van der Waals surface area contributed by atoms with Gasteiger partial charge in [0.15, 0.2) is 0 Å². The molecule has 8 nitrogen and oxygen atoms in total. The summed E-state index contributed by atoms with van der Waals surface area (Å²) in [6.45, 7) is 1.77. The second-order valence-electron chi connectivity index (χ2n) is 7.82. The number of benzene rings is 2. The average Bonchev–Trinajstić information content (AvgIpc) is 2.99. The third-order valence-electron chi connectivity index (χ3n) is 5.48. The molecule has 2 amide bonds. The van der Waals surface area contributed by atoms with E-state index in [0.29, 0.717) is 36.0 Å². The number of nitrogens with zero attached hydrogens (tertiary/aromatic N) is 1. The lowest BCUT2D eigenvalue weighted by atomic mass is 10.1. The number of fused-ring (bicyclic) bond motifs is 1. The van der Waals surface area contributed by atoms with Crippen LogP contribution in [0.15, 0.2) is 53.4 Å². The zero-order valence-electron chi connectivity index (χ0n) is 17.8. The van der Waals surface area contributed by atoms with Crippen LogP contribution in [0.5, 0.6) is 0 Å². The zero-order valence-corrected chi connectivity index (χ0v) is 18.6. The van der Waals surface area contributed by atoms with E-state index in [1.54, 1.807) is 49.4 Å². The Morgan fingerprint density at radius 3 is 2.16 bits per heavy atom. The first-order chi connectivity index (χ1) is 15.2. The summed E-state index contributed by atoms with van der Waals surface area (Å²) in [7, 11) is -3.82. The summed E-state index contributed by atoms with van der Waals surface area (Å²) in [4.78, 5) is 37.3. The van der Waals surface area contributed by atoms with Gasteiger partial charge in [-0.05, 0) is 49.9 Å². The van der Waals surface area contributed by atoms with E-state index in [-0.39, 0.29) is 24.3 Å². The first kappa shape index (κ1) is 23.6. The van der Waals surface area contributed by atoms with Gasteiger partial charge in [0.1, 0.15) is 0 Å². The number of carbonyl (C=O) groups excluding carboxylic acids is 2. The second kappa shape index (κ2) is 10.1. The van der Waals surface area contributed by atoms with Crippen molar-refractivity contribution in [1.29, 1.82) is 0 Å². The molecule has 2 aromatic rings. The summed E-state index contributed by atoms with van der Waals surface area (Å²) < 4.78 is 28.6. The Kier molecular flexibility index (Phi) is 7.42. The molecule has 0 fully saturated rings. The van der Waals surface area contributed by atoms with Crippen molar-refractivity contribution >= 4 is 27.8 Å². The van der Waals surface area contributed by atoms with E-state index in [9.17, 15) is 22.8 Å². The predicted octanol–water partition coefficient (Wildman–Crippen LogP) is 2.97. The van der Waals surface area contributed by atoms with Gasteiger partial charge in [-0.1, -0.05) is 36.8 Å². The van der Waals surface area contributed by atoms with Crippen molar-refractivity contribution in [2.75, 3.05) is 6.54 Å². The van der Waals surface area contributed by atoms with Gasteiger partial charge in [-0.2, -0.15) is 0 Å². The first-order valence-corrected chi connectivity index (χ1v) is 11.9. The Morgan fingerprint density at radius 1 is 0.969 bits per heavy atom. The van der Waals surface area contributed by atoms with Crippen LogP contribution in [0, 0.1) is 6.92 Å². The highest BCUT2D eigenvalue weighted by Gasteiger charge is 2.35. The van der Waals surface area contributed by atoms with Crippen molar-refractivity contribution in [2.45, 2.75) is 50.0 Å². The lowest BCUT2D eigenvalue weighted by molar-refractivity contribution is -0.137. The maximum Gasteiger partial charge on any atom is 0.303 e. The number of hydrogen-bond acceptors (Lipinski definition) is 5. The molecule has 1 heterocycles. The molecule has 0 saturated heterocycles. The number of rotatable bonds is 11. The number of nitrogens with one attached hydrogen (secondary N) is 1. The molecule has 32 heavy (non-hydrogen) atoms. The van der Waals surface area contributed by atoms with Gasteiger partial charge in [-0.15, -0.1) is 0 Å². The maximum absolute atomic E-state index is 13.0. The fourth-order valence-electron chi connectivity index (χ4n) is 3.80. The molecule has 1 aliphatic heterocycles. The SMILES string of the molecule is Cc1ccccc1S(=O)(=O)NC(CCCCC(=O)O)CCN1C(=O)c2ccccc2C1=O. The van der Waals surface area contributed by atoms with E-state index in [1.165, 1.54) is 6.07 Å². The van der Waals surface area contributed by atoms with Crippen LogP contribution < -0.4 is 4.72 Å². The number of carboxylic acid groups (broad SMARTS) is 1. The van der Waals surface area contributed by atoms with Crippen LogP contribution in [-0.2, 0) is 14.8 Å². The molecular weight excluding hydrogens is 432 g/mol. The van der Waals surface area contributed by atoms with Crippen molar-refractivity contribution in [3.63, 3.8) is 0 Å². The molecule has 1 atom stereocenters. The number of aliphatic carboxylic acids is 1. The summed E-state index contributed by atoms with van der Waals surface area (Å²) >= 11 is 0. The van der Waals surface area contributed by atoms with Crippen molar-refractivity contribution < 1.29 is 27.9 Å². The fourth-order valence-corrected chi connectivity index (χ4v) is 5.35. The van der Waals surface area contributed by atoms with Crippen LogP contribution in [0.4, 0.5) is 0 Å². The zero-order chi connectivity index (χ0) is 23.3. The molecule has 0 saturated carbocycles. The number of aryl methyl sites for hydroxylation is 1. The summed E-state index contributed by atoms with van der Waals surface area (Å²) in [5, 5.41) is 8.84. The van der Waals surface area contributed by atoms with Crippen LogP contribution in [0.3, 0.4) is 0 Å². The van der Waals surface area contributed by atoms with Crippen molar-refractivity contribution in [1.82, 2.24) is 9.62 Å². The number of carboxylic acids is 1. The van der Waals surface area contributed by atoms with Gasteiger partial charge in [-0.25, -0.2) is 13.1 Å². The number of carbonyl (C=O) groups is 3. The quantitative estimate of drug-likeness (QED) is 0.394. The Morgan fingerprint density at radius 2 is 1.56 bits per heavy atom. The first-order valence-electron chi connectivity index (χ1n) is 10.5. The number of hydrogen-bond donors (Lipinski definition) is 2. The van der Waals surface area contributed by atoms with E-state index >= 15 is 0 Å². The van der Waals surface area contributed by atoms with Gasteiger partial charge in [0.2, 0.25) is 10.0 Å². The molecule has 3 rings (SSSR count). The Labute approximate surface area is 187 Å². The topological polar surface area (TPSA) is 121 Å². The van der Waals surface area contributed by atoms with Crippen LogP contribution in [0.2, 0.25) is 0 Å². The minimum atomic E-state index is -3.82. The normalized spacial score (nSPS) is 14.5. The minimum Gasteiger partial charge on any atom is -0.481 e. The molecule has 2 aromatic carbocycles. The van der Waals surface area contributed by atoms with E-state index in [1.807, 2.05) is 0 Å². The van der Waals surface area contributed by atoms with E-state index < -0.39 is 33.8 Å². The molecule has 170 valence electrons. The van der Waals surface area contributed by atoms with Gasteiger partial charge >= 0.3 is 5.97 Å². The number of unbranched alkanes of at least 4 members (excludes halogenated alkanes) is 1. The number of sulfonamides is 1. The minimum absolute atomic E-state index is 0.00430. The summed E-state index contributed by atoms with van der Waals surface area (Å²) in [5.41, 5.74) is 1.29. The fraction of sp³-hybridized carbons (Fsp3) is 0.348. The van der Waals surface area contributed by atoms with Gasteiger partial charge in [-0.3, -0.25) is 19.3 Å². The molecule has 0 aliphatic carbocycles. The van der Waals surface area contributed by atoms with Crippen LogP contribution in [0.25, 0.3) is 0 Å². The molecule has 2 N–H and O–H groups in total. The molecular formula is C23H26N2O6S. The lowest BCUT2D eigenvalue weighted by Crippen LogP contribution is -2.39. The van der Waals surface area contributed by atoms with E-state index in [0.717, 1.165) is 4.90 Å². The Bertz CT molecular complexity index is 1090. The van der Waals surface area contributed by atoms with Gasteiger partial charge in [0, 0.05) is 19.0 Å². The lowest BCUT2D eigenvalue weighted by Gasteiger charge is -2.22. The molecule has 1 aliphatic rings. The van der Waals surface area contributed by atoms with Gasteiger partial charge in [0.05, 0.1) is 16.0 Å². The molecule has 1 unspecified atom stereocenters. The van der Waals surface area contributed by atoms with Crippen LogP contribution in [0.1, 0.15) is 58.4 Å². The van der Waals surface area contributed by atoms with Gasteiger partial charge < -0.3 is 5.11 Å². The Hall–Kier alpha value is -3.04. The van der Waals surface area contributed by atoms with E-state index in [4.69, 9.17) is 5.11 Å². The molecule has 0 bridgehead atoms. The van der Waals surface area contributed by atoms with Crippen LogP contribution in [-0.4, -0.2) is 48.8 Å². The number of imide groups is 1. The average molecular weight is 459 g/mol. The highest BCUT2D eigenvalue weighted by Crippen LogP contribution is 2.24. The van der Waals surface area contributed by atoms with Gasteiger partial charge in [0.25, 0.3) is 11.8 Å². The summed E-state index contributed by atoms with van der Waals surface area (Å²) in [5.74, 6) is -1.69. The van der Waals surface area contributed by atoms with Crippen molar-refractivity contribution in [2.24, 2.45) is 0 Å². The summed E-state index contributed by atoms with van der Waals surface area (Å²) in [6.07, 6.45) is 1.52. The molecule has 0 radical (unpaired) electrons. The van der Waals surface area contributed by atoms with Crippen molar-refractivity contribution in [3.8, 4) is 0 Å². The van der Waals surface area contributed by atoms with Crippen molar-refractivity contribution in [3.05, 3.63) is 65.2 Å².